The number of alkyl halides is 6. The lowest BCUT2D eigenvalue weighted by atomic mass is 10.0. The molecule has 0 radical (unpaired) electrons. The number of rotatable bonds is 7. The van der Waals surface area contributed by atoms with Crippen molar-refractivity contribution in [1.82, 2.24) is 4.72 Å². The van der Waals surface area contributed by atoms with Crippen LogP contribution in [0, 0.1) is 0 Å². The quantitative estimate of drug-likeness (QED) is 0.323. The van der Waals surface area contributed by atoms with Crippen molar-refractivity contribution in [2.24, 2.45) is 0 Å². The first-order valence-corrected chi connectivity index (χ1v) is 7.51. The first-order valence-electron chi connectivity index (χ1n) is 6.03. The SMILES string of the molecule is C=C(C(=O)OCCCC(C)(C)NS(=O)(=O)C(F)(F)F)C(F)(F)F. The van der Waals surface area contributed by atoms with Crippen LogP contribution in [0.1, 0.15) is 26.7 Å². The van der Waals surface area contributed by atoms with E-state index in [-0.39, 0.29) is 12.8 Å². The highest BCUT2D eigenvalue weighted by Crippen LogP contribution is 2.26. The van der Waals surface area contributed by atoms with Crippen molar-refractivity contribution in [1.29, 1.82) is 0 Å². The largest absolute Gasteiger partial charge is 0.511 e. The molecule has 0 bridgehead atoms. The van der Waals surface area contributed by atoms with Crippen molar-refractivity contribution >= 4 is 16.0 Å². The Balaban J connectivity index is 4.43. The monoisotopic (exact) mass is 371 g/mol. The smallest absolute Gasteiger partial charge is 0.462 e. The second kappa shape index (κ2) is 7.07. The predicted octanol–water partition coefficient (Wildman–Crippen LogP) is 2.65. The van der Waals surface area contributed by atoms with Gasteiger partial charge in [0, 0.05) is 5.54 Å². The van der Waals surface area contributed by atoms with Crippen LogP contribution in [0.3, 0.4) is 0 Å². The maximum Gasteiger partial charge on any atom is 0.511 e. The van der Waals surface area contributed by atoms with E-state index in [0.717, 1.165) is 13.8 Å². The van der Waals surface area contributed by atoms with Gasteiger partial charge in [0.2, 0.25) is 0 Å². The molecular formula is C11H15F6NO4S. The van der Waals surface area contributed by atoms with Gasteiger partial charge in [0.05, 0.1) is 6.61 Å². The first-order chi connectivity index (χ1) is 10.00. The highest BCUT2D eigenvalue weighted by molar-refractivity contribution is 7.90. The first kappa shape index (κ1) is 21.7. The molecule has 5 nitrogen and oxygen atoms in total. The average molecular weight is 371 g/mol. The molecule has 23 heavy (non-hydrogen) atoms. The Labute approximate surface area is 128 Å². The fourth-order valence-electron chi connectivity index (χ4n) is 1.35. The topological polar surface area (TPSA) is 72.5 Å². The summed E-state index contributed by atoms with van der Waals surface area (Å²) in [5.74, 6) is -1.70. The summed E-state index contributed by atoms with van der Waals surface area (Å²) in [6, 6.07) is 0. The highest BCUT2D eigenvalue weighted by atomic mass is 32.2. The fraction of sp³-hybridized carbons (Fsp3) is 0.727. The second-order valence-corrected chi connectivity index (χ2v) is 6.82. The van der Waals surface area contributed by atoms with Crippen LogP contribution in [0.4, 0.5) is 26.3 Å². The zero-order valence-electron chi connectivity index (χ0n) is 12.1. The van der Waals surface area contributed by atoms with E-state index in [9.17, 15) is 39.6 Å². The predicted molar refractivity (Wildman–Crippen MR) is 67.6 cm³/mol. The van der Waals surface area contributed by atoms with E-state index in [1.54, 1.807) is 0 Å². The molecule has 1 N–H and O–H groups in total. The summed E-state index contributed by atoms with van der Waals surface area (Å²) >= 11 is 0. The summed E-state index contributed by atoms with van der Waals surface area (Å²) in [6.45, 7) is 4.27. The highest BCUT2D eigenvalue weighted by Gasteiger charge is 2.48. The summed E-state index contributed by atoms with van der Waals surface area (Å²) in [7, 11) is -5.56. The van der Waals surface area contributed by atoms with E-state index < -0.39 is 45.4 Å². The molecule has 0 aliphatic rings. The minimum absolute atomic E-state index is 0.162. The molecule has 0 amide bonds. The van der Waals surface area contributed by atoms with Gasteiger partial charge in [-0.1, -0.05) is 6.58 Å². The number of halogens is 6. The number of sulfonamides is 1. The van der Waals surface area contributed by atoms with Gasteiger partial charge >= 0.3 is 27.7 Å². The van der Waals surface area contributed by atoms with E-state index in [4.69, 9.17) is 0 Å². The van der Waals surface area contributed by atoms with Gasteiger partial charge in [-0.25, -0.2) is 17.9 Å². The molecule has 0 rings (SSSR count). The normalized spacial score (nSPS) is 13.7. The fourth-order valence-corrected chi connectivity index (χ4v) is 2.30. The lowest BCUT2D eigenvalue weighted by molar-refractivity contribution is -0.150. The minimum atomic E-state index is -5.56. The number of carbonyl (C=O) groups excluding carboxylic acids is 1. The Bertz CT molecular complexity index is 550. The van der Waals surface area contributed by atoms with Gasteiger partial charge in [-0.15, -0.1) is 0 Å². The lowest BCUT2D eigenvalue weighted by Crippen LogP contribution is -2.48. The molecule has 0 spiro atoms. The van der Waals surface area contributed by atoms with Crippen LogP contribution in [0.2, 0.25) is 0 Å². The van der Waals surface area contributed by atoms with E-state index in [0.29, 0.717) is 0 Å². The number of carbonyl (C=O) groups is 1. The zero-order valence-corrected chi connectivity index (χ0v) is 13.0. The molecule has 0 heterocycles. The Morgan fingerprint density at radius 1 is 1.13 bits per heavy atom. The molecule has 0 fully saturated rings. The van der Waals surface area contributed by atoms with Crippen LogP contribution in [0.25, 0.3) is 0 Å². The van der Waals surface area contributed by atoms with Crippen LogP contribution in [-0.4, -0.2) is 38.2 Å². The third-order valence-corrected chi connectivity index (χ3v) is 3.91. The molecule has 0 atom stereocenters. The maximum absolute atomic E-state index is 12.2. The summed E-state index contributed by atoms with van der Waals surface area (Å²) in [5, 5.41) is 0. The molecule has 0 saturated carbocycles. The molecule has 0 aliphatic carbocycles. The van der Waals surface area contributed by atoms with Crippen LogP contribution in [0.15, 0.2) is 12.2 Å². The molecule has 0 aromatic rings. The minimum Gasteiger partial charge on any atom is -0.462 e. The standard InChI is InChI=1S/C11H15F6NO4S/c1-7(10(12,13)14)8(19)22-6-4-5-9(2,3)18-23(20,21)11(15,16)17/h18H,1,4-6H2,2-3H3. The van der Waals surface area contributed by atoms with Gasteiger partial charge in [-0.05, 0) is 26.7 Å². The van der Waals surface area contributed by atoms with Gasteiger partial charge in [-0.2, -0.15) is 26.3 Å². The second-order valence-electron chi connectivity index (χ2n) is 5.15. The average Bonchev–Trinajstić information content (AvgIpc) is 2.29. The Morgan fingerprint density at radius 2 is 1.61 bits per heavy atom. The maximum atomic E-state index is 12.2. The van der Waals surface area contributed by atoms with Crippen LogP contribution in [0.5, 0.6) is 0 Å². The Morgan fingerprint density at radius 3 is 2.00 bits per heavy atom. The summed E-state index contributed by atoms with van der Waals surface area (Å²) in [5.41, 5.74) is -8.74. The number of esters is 1. The summed E-state index contributed by atoms with van der Waals surface area (Å²) in [6.07, 6.45) is -5.32. The third-order valence-electron chi connectivity index (χ3n) is 2.48. The van der Waals surface area contributed by atoms with Crippen molar-refractivity contribution in [3.05, 3.63) is 12.2 Å². The Hall–Kier alpha value is -1.30. The van der Waals surface area contributed by atoms with Crippen molar-refractivity contribution in [3.8, 4) is 0 Å². The van der Waals surface area contributed by atoms with Crippen molar-refractivity contribution in [2.45, 2.75) is 43.9 Å². The lowest BCUT2D eigenvalue weighted by Gasteiger charge is -2.26. The van der Waals surface area contributed by atoms with Crippen molar-refractivity contribution in [3.63, 3.8) is 0 Å². The molecule has 12 heteroatoms. The summed E-state index contributed by atoms with van der Waals surface area (Å²) in [4.78, 5) is 11.0. The van der Waals surface area contributed by atoms with Crippen molar-refractivity contribution in [2.75, 3.05) is 6.61 Å². The molecular weight excluding hydrogens is 356 g/mol. The Kier molecular flexibility index (Phi) is 6.67. The van der Waals surface area contributed by atoms with Gasteiger partial charge in [-0.3, -0.25) is 0 Å². The van der Waals surface area contributed by atoms with Gasteiger partial charge in [0.1, 0.15) is 5.57 Å². The number of hydrogen-bond donors (Lipinski definition) is 1. The van der Waals surface area contributed by atoms with Gasteiger partial charge < -0.3 is 4.74 Å². The summed E-state index contributed by atoms with van der Waals surface area (Å²) < 4.78 is 101. The van der Waals surface area contributed by atoms with Crippen LogP contribution in [-0.2, 0) is 19.6 Å². The van der Waals surface area contributed by atoms with Crippen LogP contribution < -0.4 is 4.72 Å². The molecule has 136 valence electrons. The van der Waals surface area contributed by atoms with Crippen molar-refractivity contribution < 1.29 is 44.3 Å². The van der Waals surface area contributed by atoms with Crippen LogP contribution >= 0.6 is 0 Å². The molecule has 0 saturated heterocycles. The number of ether oxygens (including phenoxy) is 1. The molecule has 0 aliphatic heterocycles. The van der Waals surface area contributed by atoms with Gasteiger partial charge in [0.25, 0.3) is 0 Å². The van der Waals surface area contributed by atoms with E-state index >= 15 is 0 Å². The molecule has 0 aromatic heterocycles. The molecule has 0 aromatic carbocycles. The third kappa shape index (κ3) is 7.20. The molecule has 0 unspecified atom stereocenters. The van der Waals surface area contributed by atoms with E-state index in [2.05, 4.69) is 11.3 Å². The van der Waals surface area contributed by atoms with E-state index in [1.165, 1.54) is 4.72 Å². The van der Waals surface area contributed by atoms with Gasteiger partial charge in [0.15, 0.2) is 0 Å². The number of hydrogen-bond acceptors (Lipinski definition) is 4. The number of nitrogens with one attached hydrogen (secondary N) is 1. The zero-order chi connectivity index (χ0) is 18.7. The van der Waals surface area contributed by atoms with E-state index in [1.807, 2.05) is 0 Å².